The number of pyridine rings is 1. The Morgan fingerprint density at radius 3 is 2.61 bits per heavy atom. The Hall–Kier alpha value is -4.26. The van der Waals surface area contributed by atoms with Crippen LogP contribution in [0.1, 0.15) is 16.1 Å². The first kappa shape index (κ1) is 18.7. The summed E-state index contributed by atoms with van der Waals surface area (Å²) < 4.78 is 20.6. The average Bonchev–Trinajstić information content (AvgIpc) is 3.46. The van der Waals surface area contributed by atoms with Crippen LogP contribution in [0.25, 0.3) is 28.2 Å². The summed E-state index contributed by atoms with van der Waals surface area (Å²) >= 11 is 0. The van der Waals surface area contributed by atoms with Crippen molar-refractivity contribution < 1.29 is 13.6 Å². The van der Waals surface area contributed by atoms with Gasteiger partial charge in [0.1, 0.15) is 23.7 Å². The fraction of sp³-hybridized carbons (Fsp3) is 0.0417. The van der Waals surface area contributed by atoms with Crippen LogP contribution in [0.15, 0.2) is 89.7 Å². The van der Waals surface area contributed by atoms with Gasteiger partial charge in [-0.15, -0.1) is 0 Å². The topological polar surface area (TPSA) is 73.0 Å². The molecular formula is C24H17FN4O2. The highest BCUT2D eigenvalue weighted by Gasteiger charge is 2.12. The zero-order valence-corrected chi connectivity index (χ0v) is 16.3. The fourth-order valence-corrected chi connectivity index (χ4v) is 3.30. The van der Waals surface area contributed by atoms with Crippen molar-refractivity contribution >= 4 is 16.9 Å². The zero-order valence-electron chi connectivity index (χ0n) is 16.3. The molecule has 3 heterocycles. The largest absolute Gasteiger partial charge is 0.451 e. The quantitative estimate of drug-likeness (QED) is 0.452. The molecule has 0 unspecified atom stereocenters. The molecule has 2 aromatic carbocycles. The van der Waals surface area contributed by atoms with Gasteiger partial charge in [0.05, 0.1) is 11.0 Å². The molecule has 1 amide bonds. The molecule has 0 aliphatic rings. The number of para-hydroxylation sites is 2. The average molecular weight is 412 g/mol. The van der Waals surface area contributed by atoms with Crippen molar-refractivity contribution in [3.8, 4) is 17.1 Å². The number of furan rings is 1. The van der Waals surface area contributed by atoms with E-state index in [2.05, 4.69) is 15.3 Å². The summed E-state index contributed by atoms with van der Waals surface area (Å²) in [5, 5.41) is 2.82. The van der Waals surface area contributed by atoms with E-state index in [-0.39, 0.29) is 17.5 Å². The molecule has 0 saturated heterocycles. The highest BCUT2D eigenvalue weighted by molar-refractivity contribution is 5.92. The molecule has 7 heteroatoms. The van der Waals surface area contributed by atoms with E-state index in [1.54, 1.807) is 36.8 Å². The highest BCUT2D eigenvalue weighted by Crippen LogP contribution is 2.22. The minimum Gasteiger partial charge on any atom is -0.451 e. The van der Waals surface area contributed by atoms with E-state index in [1.165, 1.54) is 12.1 Å². The Bertz CT molecular complexity index is 1350. The number of carbonyl (C=O) groups excluding carboxylic acids is 1. The predicted molar refractivity (Wildman–Crippen MR) is 114 cm³/mol. The van der Waals surface area contributed by atoms with Crippen LogP contribution in [0.2, 0.25) is 0 Å². The Morgan fingerprint density at radius 1 is 0.968 bits per heavy atom. The van der Waals surface area contributed by atoms with Crippen LogP contribution in [0.4, 0.5) is 4.39 Å². The number of fused-ring (bicyclic) bond motifs is 1. The van der Waals surface area contributed by atoms with Crippen molar-refractivity contribution in [2.75, 3.05) is 0 Å². The molecule has 0 fully saturated rings. The number of hydrogen-bond acceptors (Lipinski definition) is 4. The SMILES string of the molecule is O=C(NCc1ccc(-n2cnc3ccccc32)nc1)c1ccc(-c2ccc(F)cc2)o1. The molecule has 5 rings (SSSR count). The van der Waals surface area contributed by atoms with Crippen molar-refractivity contribution in [1.29, 1.82) is 0 Å². The number of amides is 1. The van der Waals surface area contributed by atoms with E-state index >= 15 is 0 Å². The minimum atomic E-state index is -0.335. The van der Waals surface area contributed by atoms with Gasteiger partial charge in [0, 0.05) is 18.3 Å². The molecule has 5 aromatic rings. The molecule has 0 bridgehead atoms. The first-order valence-corrected chi connectivity index (χ1v) is 9.69. The number of hydrogen-bond donors (Lipinski definition) is 1. The van der Waals surface area contributed by atoms with Gasteiger partial charge >= 0.3 is 0 Å². The molecule has 3 aromatic heterocycles. The molecule has 152 valence electrons. The number of benzene rings is 2. The number of rotatable bonds is 5. The highest BCUT2D eigenvalue weighted by atomic mass is 19.1. The third kappa shape index (κ3) is 3.81. The van der Waals surface area contributed by atoms with E-state index in [0.29, 0.717) is 17.9 Å². The van der Waals surface area contributed by atoms with Crippen LogP contribution in [-0.4, -0.2) is 20.4 Å². The van der Waals surface area contributed by atoms with Gasteiger partial charge in [0.15, 0.2) is 5.76 Å². The van der Waals surface area contributed by atoms with Gasteiger partial charge in [0.25, 0.3) is 5.91 Å². The molecule has 0 aliphatic carbocycles. The molecule has 0 saturated carbocycles. The molecule has 0 atom stereocenters. The monoisotopic (exact) mass is 412 g/mol. The lowest BCUT2D eigenvalue weighted by Gasteiger charge is -2.06. The smallest absolute Gasteiger partial charge is 0.287 e. The molecular weight excluding hydrogens is 395 g/mol. The Kier molecular flexibility index (Phi) is 4.76. The lowest BCUT2D eigenvalue weighted by molar-refractivity contribution is 0.0924. The number of carbonyl (C=O) groups is 1. The third-order valence-electron chi connectivity index (χ3n) is 4.92. The Labute approximate surface area is 177 Å². The van der Waals surface area contributed by atoms with E-state index < -0.39 is 0 Å². The second-order valence-electron chi connectivity index (χ2n) is 6.98. The first-order chi connectivity index (χ1) is 15.2. The standard InChI is InChI=1S/C24H17FN4O2/c25-18-8-6-17(7-9-18)21-10-11-22(31-21)24(30)27-14-16-5-12-23(26-13-16)29-15-28-19-3-1-2-4-20(19)29/h1-13,15H,14H2,(H,27,30). The summed E-state index contributed by atoms with van der Waals surface area (Å²) in [6.45, 7) is 0.309. The molecule has 31 heavy (non-hydrogen) atoms. The van der Waals surface area contributed by atoms with Crippen molar-refractivity contribution in [3.05, 3.63) is 102 Å². The maximum atomic E-state index is 13.1. The van der Waals surface area contributed by atoms with Gasteiger partial charge in [-0.25, -0.2) is 14.4 Å². The van der Waals surface area contributed by atoms with Gasteiger partial charge < -0.3 is 9.73 Å². The second-order valence-corrected chi connectivity index (χ2v) is 6.98. The van der Waals surface area contributed by atoms with Crippen molar-refractivity contribution in [3.63, 3.8) is 0 Å². The van der Waals surface area contributed by atoms with Gasteiger partial charge in [-0.3, -0.25) is 9.36 Å². The Balaban J connectivity index is 1.25. The summed E-state index contributed by atoms with van der Waals surface area (Å²) in [5.41, 5.74) is 3.43. The number of imidazole rings is 1. The van der Waals surface area contributed by atoms with Gasteiger partial charge in [-0.2, -0.15) is 0 Å². The second kappa shape index (κ2) is 7.87. The summed E-state index contributed by atoms with van der Waals surface area (Å²) in [5.74, 6) is 0.781. The summed E-state index contributed by atoms with van der Waals surface area (Å²) in [7, 11) is 0. The molecule has 0 aliphatic heterocycles. The van der Waals surface area contributed by atoms with Crippen LogP contribution >= 0.6 is 0 Å². The summed E-state index contributed by atoms with van der Waals surface area (Å²) in [6, 6.07) is 20.8. The number of halogens is 1. The normalized spacial score (nSPS) is 11.0. The molecule has 0 spiro atoms. The predicted octanol–water partition coefficient (Wildman–Crippen LogP) is 4.75. The van der Waals surface area contributed by atoms with Gasteiger partial charge in [-0.1, -0.05) is 18.2 Å². The van der Waals surface area contributed by atoms with Gasteiger partial charge in [0.2, 0.25) is 0 Å². The first-order valence-electron chi connectivity index (χ1n) is 9.69. The third-order valence-corrected chi connectivity index (χ3v) is 4.92. The Morgan fingerprint density at radius 2 is 1.81 bits per heavy atom. The molecule has 6 nitrogen and oxygen atoms in total. The minimum absolute atomic E-state index is 0.189. The van der Waals surface area contributed by atoms with Crippen LogP contribution in [-0.2, 0) is 6.54 Å². The van der Waals surface area contributed by atoms with Crippen LogP contribution in [0.5, 0.6) is 0 Å². The maximum Gasteiger partial charge on any atom is 0.287 e. The van der Waals surface area contributed by atoms with Crippen LogP contribution in [0, 0.1) is 5.82 Å². The number of nitrogens with zero attached hydrogens (tertiary/aromatic N) is 3. The summed E-state index contributed by atoms with van der Waals surface area (Å²) in [4.78, 5) is 21.3. The lowest BCUT2D eigenvalue weighted by Crippen LogP contribution is -2.22. The van der Waals surface area contributed by atoms with E-state index in [9.17, 15) is 9.18 Å². The molecule has 0 radical (unpaired) electrons. The van der Waals surface area contributed by atoms with Crippen molar-refractivity contribution in [2.24, 2.45) is 0 Å². The van der Waals surface area contributed by atoms with Gasteiger partial charge in [-0.05, 0) is 60.2 Å². The van der Waals surface area contributed by atoms with Crippen LogP contribution < -0.4 is 5.32 Å². The lowest BCUT2D eigenvalue weighted by atomic mass is 10.2. The number of nitrogens with one attached hydrogen (secondary N) is 1. The summed E-state index contributed by atoms with van der Waals surface area (Å²) in [6.07, 6.45) is 3.46. The van der Waals surface area contributed by atoms with Crippen molar-refractivity contribution in [1.82, 2.24) is 19.9 Å². The van der Waals surface area contributed by atoms with Crippen LogP contribution in [0.3, 0.4) is 0 Å². The number of aromatic nitrogens is 3. The van der Waals surface area contributed by atoms with E-state index in [0.717, 1.165) is 22.4 Å². The van der Waals surface area contributed by atoms with E-state index in [1.807, 2.05) is 41.0 Å². The fourth-order valence-electron chi connectivity index (χ4n) is 3.30. The van der Waals surface area contributed by atoms with Crippen molar-refractivity contribution in [2.45, 2.75) is 6.54 Å². The van der Waals surface area contributed by atoms with E-state index in [4.69, 9.17) is 4.42 Å². The maximum absolute atomic E-state index is 13.1. The zero-order chi connectivity index (χ0) is 21.2. The molecule has 1 N–H and O–H groups in total.